The van der Waals surface area contributed by atoms with Gasteiger partial charge in [0.2, 0.25) is 0 Å². The molecule has 0 spiro atoms. The minimum absolute atomic E-state index is 1.02. The van der Waals surface area contributed by atoms with Gasteiger partial charge in [0, 0.05) is 17.0 Å². The SMILES string of the molecule is c1ccc2c(c1)Cc1c-2ccc2c1c1c3c(ccc1n1cccc21)-c1ccccc1C3. The van der Waals surface area contributed by atoms with E-state index >= 15 is 0 Å². The zero-order chi connectivity index (χ0) is 20.1. The number of benzene rings is 4. The molecule has 6 aromatic rings. The molecule has 2 aliphatic carbocycles. The van der Waals surface area contributed by atoms with Crippen LogP contribution in [0.15, 0.2) is 91.1 Å². The van der Waals surface area contributed by atoms with Crippen molar-refractivity contribution in [2.75, 3.05) is 0 Å². The van der Waals surface area contributed by atoms with Crippen LogP contribution in [0.2, 0.25) is 0 Å². The van der Waals surface area contributed by atoms with Crippen molar-refractivity contribution >= 4 is 27.2 Å². The molecule has 1 heteroatoms. The van der Waals surface area contributed by atoms with E-state index in [-0.39, 0.29) is 0 Å². The van der Waals surface area contributed by atoms with E-state index in [2.05, 4.69) is 95.5 Å². The van der Waals surface area contributed by atoms with Crippen molar-refractivity contribution in [2.45, 2.75) is 12.8 Å². The van der Waals surface area contributed by atoms with Crippen LogP contribution in [0.1, 0.15) is 22.3 Å². The summed E-state index contributed by atoms with van der Waals surface area (Å²) in [7, 11) is 0. The quantitative estimate of drug-likeness (QED) is 0.237. The Bertz CT molecular complexity index is 1600. The third-order valence-corrected chi connectivity index (χ3v) is 7.49. The van der Waals surface area contributed by atoms with Crippen LogP contribution in [0.25, 0.3) is 49.4 Å². The van der Waals surface area contributed by atoms with Crippen molar-refractivity contribution in [3.8, 4) is 22.3 Å². The van der Waals surface area contributed by atoms with Gasteiger partial charge in [0.15, 0.2) is 0 Å². The third kappa shape index (κ3) is 1.88. The Morgan fingerprint density at radius 2 is 1.13 bits per heavy atom. The molecule has 0 atom stereocenters. The van der Waals surface area contributed by atoms with Crippen molar-refractivity contribution in [1.82, 2.24) is 4.40 Å². The van der Waals surface area contributed by atoms with Crippen molar-refractivity contribution < 1.29 is 0 Å². The predicted molar refractivity (Wildman–Crippen MR) is 129 cm³/mol. The summed E-state index contributed by atoms with van der Waals surface area (Å²) >= 11 is 0. The molecule has 0 aliphatic heterocycles. The van der Waals surface area contributed by atoms with Gasteiger partial charge in [-0.25, -0.2) is 0 Å². The maximum Gasteiger partial charge on any atom is 0.0537 e. The summed E-state index contributed by atoms with van der Waals surface area (Å²) in [4.78, 5) is 0. The number of fused-ring (bicyclic) bond motifs is 14. The lowest BCUT2D eigenvalue weighted by Crippen LogP contribution is -1.96. The minimum Gasteiger partial charge on any atom is -0.316 e. The highest BCUT2D eigenvalue weighted by Crippen LogP contribution is 2.47. The van der Waals surface area contributed by atoms with E-state index in [1.807, 2.05) is 0 Å². The van der Waals surface area contributed by atoms with Crippen molar-refractivity contribution in [2.24, 2.45) is 0 Å². The average Bonchev–Trinajstić information content (AvgIpc) is 3.53. The largest absolute Gasteiger partial charge is 0.316 e. The lowest BCUT2D eigenvalue weighted by molar-refractivity contribution is 1.25. The van der Waals surface area contributed by atoms with Crippen molar-refractivity contribution in [1.29, 1.82) is 0 Å². The summed E-state index contributed by atoms with van der Waals surface area (Å²) in [5.41, 5.74) is 14.1. The first-order valence-electron chi connectivity index (χ1n) is 11.1. The fraction of sp³-hybridized carbons (Fsp3) is 0.0667. The first kappa shape index (κ1) is 15.9. The maximum atomic E-state index is 2.38. The standard InChI is InChI=1S/C30H19N/c1-3-8-20-18(6-1)16-25-22(20)11-12-24-27-10-5-15-31(27)28-14-13-23-21-9-4-2-7-19(21)17-26(23)30(28)29(24)25/h1-15H,16-17H2. The van der Waals surface area contributed by atoms with E-state index in [1.165, 1.54) is 71.7 Å². The number of hydrogen-bond acceptors (Lipinski definition) is 0. The summed E-state index contributed by atoms with van der Waals surface area (Å²) in [6.07, 6.45) is 4.25. The molecule has 144 valence electrons. The first-order valence-corrected chi connectivity index (χ1v) is 11.1. The normalized spacial score (nSPS) is 13.5. The van der Waals surface area contributed by atoms with Crippen LogP contribution in [-0.2, 0) is 12.8 Å². The number of aromatic nitrogens is 1. The topological polar surface area (TPSA) is 4.41 Å². The molecule has 0 N–H and O–H groups in total. The molecule has 0 radical (unpaired) electrons. The second-order valence-corrected chi connectivity index (χ2v) is 8.93. The molecular weight excluding hydrogens is 374 g/mol. The maximum absolute atomic E-state index is 2.38. The third-order valence-electron chi connectivity index (χ3n) is 7.49. The molecule has 0 bridgehead atoms. The zero-order valence-electron chi connectivity index (χ0n) is 17.0. The van der Waals surface area contributed by atoms with Crippen LogP contribution in [-0.4, -0.2) is 4.40 Å². The van der Waals surface area contributed by atoms with E-state index in [0.717, 1.165) is 12.8 Å². The predicted octanol–water partition coefficient (Wildman–Crippen LogP) is 7.39. The van der Waals surface area contributed by atoms with Gasteiger partial charge in [0.05, 0.1) is 11.0 Å². The van der Waals surface area contributed by atoms with E-state index in [4.69, 9.17) is 0 Å². The van der Waals surface area contributed by atoms with Gasteiger partial charge in [-0.15, -0.1) is 0 Å². The smallest absolute Gasteiger partial charge is 0.0537 e. The monoisotopic (exact) mass is 393 g/mol. The van der Waals surface area contributed by atoms with Gasteiger partial charge in [-0.1, -0.05) is 66.7 Å². The summed E-state index contributed by atoms with van der Waals surface area (Å²) in [5, 5.41) is 4.27. The fourth-order valence-electron chi connectivity index (χ4n) is 6.20. The van der Waals surface area contributed by atoms with Gasteiger partial charge >= 0.3 is 0 Å². The highest BCUT2D eigenvalue weighted by molar-refractivity contribution is 6.19. The van der Waals surface area contributed by atoms with Crippen LogP contribution in [0, 0.1) is 0 Å². The Hall–Kier alpha value is -3.84. The highest BCUT2D eigenvalue weighted by atomic mass is 14.9. The molecule has 8 rings (SSSR count). The average molecular weight is 393 g/mol. The summed E-state index contributed by atoms with van der Waals surface area (Å²) in [6, 6.07) is 31.6. The van der Waals surface area contributed by atoms with Gasteiger partial charge in [0.25, 0.3) is 0 Å². The molecule has 0 fully saturated rings. The molecule has 31 heavy (non-hydrogen) atoms. The molecule has 1 nitrogen and oxygen atoms in total. The second-order valence-electron chi connectivity index (χ2n) is 8.93. The van der Waals surface area contributed by atoms with Crippen LogP contribution in [0.5, 0.6) is 0 Å². The van der Waals surface area contributed by atoms with Gasteiger partial charge < -0.3 is 4.40 Å². The molecule has 2 aromatic heterocycles. The van der Waals surface area contributed by atoms with Gasteiger partial charge in [-0.2, -0.15) is 0 Å². The van der Waals surface area contributed by atoms with Crippen molar-refractivity contribution in [3.05, 3.63) is 113 Å². The molecule has 2 aliphatic rings. The van der Waals surface area contributed by atoms with Crippen LogP contribution >= 0.6 is 0 Å². The van der Waals surface area contributed by atoms with Gasteiger partial charge in [0.1, 0.15) is 0 Å². The van der Waals surface area contributed by atoms with Gasteiger partial charge in [-0.05, 0) is 80.9 Å². The zero-order valence-corrected chi connectivity index (χ0v) is 17.0. The number of rotatable bonds is 0. The van der Waals surface area contributed by atoms with E-state index in [1.54, 1.807) is 0 Å². The second kappa shape index (κ2) is 5.44. The van der Waals surface area contributed by atoms with E-state index in [0.29, 0.717) is 0 Å². The van der Waals surface area contributed by atoms with Gasteiger partial charge in [-0.3, -0.25) is 0 Å². The number of pyridine rings is 1. The number of nitrogens with zero attached hydrogens (tertiary/aromatic N) is 1. The summed E-state index contributed by atoms with van der Waals surface area (Å²) in [5.74, 6) is 0. The molecule has 0 saturated carbocycles. The Balaban J connectivity index is 1.61. The lowest BCUT2D eigenvalue weighted by atomic mass is 9.92. The van der Waals surface area contributed by atoms with Crippen LogP contribution in [0.3, 0.4) is 0 Å². The minimum atomic E-state index is 1.02. The molecule has 0 unspecified atom stereocenters. The lowest BCUT2D eigenvalue weighted by Gasteiger charge is -2.16. The molecule has 0 saturated heterocycles. The molecular formula is C30H19N. The Morgan fingerprint density at radius 3 is 1.87 bits per heavy atom. The summed E-state index contributed by atoms with van der Waals surface area (Å²) in [6.45, 7) is 0. The van der Waals surface area contributed by atoms with Crippen molar-refractivity contribution in [3.63, 3.8) is 0 Å². The Morgan fingerprint density at radius 1 is 0.484 bits per heavy atom. The first-order chi connectivity index (χ1) is 15.4. The summed E-state index contributed by atoms with van der Waals surface area (Å²) < 4.78 is 2.38. The number of hydrogen-bond donors (Lipinski definition) is 0. The van der Waals surface area contributed by atoms with Crippen LogP contribution in [0.4, 0.5) is 0 Å². The fourth-order valence-corrected chi connectivity index (χ4v) is 6.20. The molecule has 2 heterocycles. The van der Waals surface area contributed by atoms with E-state index in [9.17, 15) is 0 Å². The Kier molecular flexibility index (Phi) is 2.80. The highest BCUT2D eigenvalue weighted by Gasteiger charge is 2.26. The molecule has 0 amide bonds. The van der Waals surface area contributed by atoms with E-state index < -0.39 is 0 Å². The Labute approximate surface area is 180 Å². The van der Waals surface area contributed by atoms with Crippen LogP contribution < -0.4 is 0 Å². The molecule has 4 aromatic carbocycles.